The summed E-state index contributed by atoms with van der Waals surface area (Å²) in [5.74, 6) is -1.01. The smallest absolute Gasteiger partial charge is 0.220 e. The van der Waals surface area contributed by atoms with E-state index in [1.54, 1.807) is 6.08 Å². The Balaban J connectivity index is 1.32. The first kappa shape index (κ1) is 83.3. The van der Waals surface area contributed by atoms with Crippen LogP contribution in [0.25, 0.3) is 0 Å². The van der Waals surface area contributed by atoms with Crippen molar-refractivity contribution in [3.63, 3.8) is 0 Å². The molecule has 8 unspecified atom stereocenters. The van der Waals surface area contributed by atoms with Crippen LogP contribution in [0, 0.1) is 0 Å². The van der Waals surface area contributed by atoms with Gasteiger partial charge in [0.05, 0.1) is 45.2 Å². The van der Waals surface area contributed by atoms with Crippen molar-refractivity contribution in [1.29, 1.82) is 0 Å². The zero-order valence-corrected chi connectivity index (χ0v) is 56.3. The Bertz CT molecular complexity index is 1930. The van der Waals surface area contributed by atoms with Crippen molar-refractivity contribution in [2.24, 2.45) is 0 Å². The van der Waals surface area contributed by atoms with Gasteiger partial charge in [0.2, 0.25) is 11.8 Å². The van der Waals surface area contributed by atoms with Crippen molar-refractivity contribution in [2.45, 2.75) is 374 Å². The number of hydrogen-bond donors (Lipinski definition) is 15. The average Bonchev–Trinajstić information content (AvgIpc) is 0.794. The molecule has 25 heteroatoms. The number of hydrogen-bond acceptors (Lipinski definition) is 23. The Hall–Kier alpha value is -2.16. The van der Waals surface area contributed by atoms with E-state index in [4.69, 9.17) is 37.9 Å². The summed E-state index contributed by atoms with van der Waals surface area (Å²) in [6, 6.07) is -2.55. The standard InChI is InChI=1S/C68H126N2O23/c1-4-6-8-10-12-14-16-18-19-20-21-22-23-24-25-27-29-31-33-35-37-39-52(77)70-46(47(76)38-36-34-32-30-28-26-17-15-13-11-9-7-5-2)44-86-66-59(83)58(82)62(51(43-74)90-66)91-67-61(85)64(56(80)50(42-73)88-67)93-68-60(84)63(55(79)49(41-72)89-68)92-65-53(69-45(3)75)57(81)54(78)48(40-71)87-65/h36,38,46-51,53-68,71-74,76,78-85H,4-35,37,39-44H2,1-3H3,(H,69,75)(H,70,77)/b38-36+/t46-,47+,48?,49?,50?,51?,53?,54-,55-,56-,57+,58+,59?,60?,61?,62+,63-,64-,65-,66+,67-,68+/m0/s1. The number of allylic oxidation sites excluding steroid dienone is 1. The first-order valence-corrected chi connectivity index (χ1v) is 35.9. The van der Waals surface area contributed by atoms with Crippen LogP contribution in [0.2, 0.25) is 0 Å². The fourth-order valence-corrected chi connectivity index (χ4v) is 12.8. The van der Waals surface area contributed by atoms with Crippen LogP contribution < -0.4 is 10.6 Å². The highest BCUT2D eigenvalue weighted by Gasteiger charge is 2.56. The molecular formula is C68H126N2O23. The van der Waals surface area contributed by atoms with Gasteiger partial charge in [-0.15, -0.1) is 0 Å². The van der Waals surface area contributed by atoms with E-state index in [9.17, 15) is 76.0 Å². The molecule has 546 valence electrons. The number of carbonyl (C=O) groups excluding carboxylic acids is 2. The Kier molecular flexibility index (Phi) is 43.5. The van der Waals surface area contributed by atoms with E-state index in [-0.39, 0.29) is 12.3 Å². The zero-order chi connectivity index (χ0) is 67.9. The van der Waals surface area contributed by atoms with Crippen molar-refractivity contribution < 1.29 is 114 Å². The lowest BCUT2D eigenvalue weighted by Gasteiger charge is -2.49. The van der Waals surface area contributed by atoms with E-state index >= 15 is 0 Å². The van der Waals surface area contributed by atoms with Gasteiger partial charge in [0.25, 0.3) is 0 Å². The summed E-state index contributed by atoms with van der Waals surface area (Å²) in [6.45, 7) is 1.60. The van der Waals surface area contributed by atoms with Crippen molar-refractivity contribution >= 4 is 11.8 Å². The second kappa shape index (κ2) is 48.6. The minimum atomic E-state index is -2.11. The molecule has 0 aromatic heterocycles. The average molecular weight is 1340 g/mol. The van der Waals surface area contributed by atoms with E-state index < -0.39 is 174 Å². The molecular weight excluding hydrogens is 1210 g/mol. The number of amides is 2. The molecule has 22 atom stereocenters. The van der Waals surface area contributed by atoms with Gasteiger partial charge in [-0.1, -0.05) is 219 Å². The van der Waals surface area contributed by atoms with Gasteiger partial charge in [-0.05, 0) is 19.3 Å². The molecule has 4 fully saturated rings. The van der Waals surface area contributed by atoms with Gasteiger partial charge in [-0.2, -0.15) is 0 Å². The Morgan fingerprint density at radius 1 is 0.419 bits per heavy atom. The molecule has 4 rings (SSSR count). The lowest BCUT2D eigenvalue weighted by Crippen LogP contribution is -2.69. The van der Waals surface area contributed by atoms with Gasteiger partial charge in [0.1, 0.15) is 97.6 Å². The molecule has 0 radical (unpaired) electrons. The van der Waals surface area contributed by atoms with Gasteiger partial charge in [0.15, 0.2) is 25.2 Å². The van der Waals surface area contributed by atoms with Gasteiger partial charge < -0.3 is 115 Å². The SMILES string of the molecule is CCCCCCCCCCCCC/C=C/[C@@H](O)[C@H](CO[C@@H]1OC(CO)[C@@H](O[C@@H]2OC(CO)[C@H](O)[C@H](O[C@H]3OC(CO)[C@H](O)[C@H](O[C@@H]4OC(CO)[C@H](O)[C@H](O)C4NC(C)=O)C3O)C2O)[C@H](O)C1O)NC(=O)CCCCCCCCCCCCCCCCCCCCCCC. The number of nitrogens with one attached hydrogen (secondary N) is 2. The molecule has 2 amide bonds. The van der Waals surface area contributed by atoms with Gasteiger partial charge in [0, 0.05) is 13.3 Å². The van der Waals surface area contributed by atoms with Crippen LogP contribution in [-0.4, -0.2) is 246 Å². The van der Waals surface area contributed by atoms with Crippen LogP contribution in [0.15, 0.2) is 12.2 Å². The molecule has 0 aromatic carbocycles. The van der Waals surface area contributed by atoms with Crippen molar-refractivity contribution in [3.05, 3.63) is 12.2 Å². The minimum Gasteiger partial charge on any atom is -0.394 e. The van der Waals surface area contributed by atoms with Crippen molar-refractivity contribution in [2.75, 3.05) is 33.0 Å². The lowest BCUT2D eigenvalue weighted by atomic mass is 9.95. The fourth-order valence-electron chi connectivity index (χ4n) is 12.8. The second-order valence-electron chi connectivity index (χ2n) is 26.4. The second-order valence-corrected chi connectivity index (χ2v) is 26.4. The Labute approximate surface area is 553 Å². The summed E-state index contributed by atoms with van der Waals surface area (Å²) in [7, 11) is 0. The maximum absolute atomic E-state index is 13.5. The molecule has 0 saturated carbocycles. The monoisotopic (exact) mass is 1340 g/mol. The predicted molar refractivity (Wildman–Crippen MR) is 345 cm³/mol. The quantitative estimate of drug-likeness (QED) is 0.0301. The maximum Gasteiger partial charge on any atom is 0.220 e. The zero-order valence-electron chi connectivity index (χ0n) is 56.3. The van der Waals surface area contributed by atoms with Gasteiger partial charge in [-0.25, -0.2) is 0 Å². The summed E-state index contributed by atoms with van der Waals surface area (Å²) in [5, 5.41) is 148. The molecule has 0 spiro atoms. The molecule has 4 heterocycles. The number of rotatable bonds is 51. The lowest BCUT2D eigenvalue weighted by molar-refractivity contribution is -0.387. The molecule has 93 heavy (non-hydrogen) atoms. The number of aliphatic hydroxyl groups excluding tert-OH is 13. The highest BCUT2D eigenvalue weighted by atomic mass is 16.8. The summed E-state index contributed by atoms with van der Waals surface area (Å²) < 4.78 is 46.6. The highest BCUT2D eigenvalue weighted by Crippen LogP contribution is 2.35. The van der Waals surface area contributed by atoms with E-state index in [2.05, 4.69) is 24.5 Å². The van der Waals surface area contributed by atoms with E-state index in [0.717, 1.165) is 51.9 Å². The van der Waals surface area contributed by atoms with E-state index in [1.807, 2.05) is 6.08 Å². The molecule has 0 aliphatic carbocycles. The summed E-state index contributed by atoms with van der Waals surface area (Å²) >= 11 is 0. The third-order valence-corrected chi connectivity index (χ3v) is 18.6. The molecule has 4 aliphatic rings. The largest absolute Gasteiger partial charge is 0.394 e. The predicted octanol–water partition coefficient (Wildman–Crippen LogP) is 4.12. The number of carbonyl (C=O) groups is 2. The maximum atomic E-state index is 13.5. The number of unbranched alkanes of at least 4 members (excludes halogenated alkanes) is 31. The topological polar surface area (TPSA) is 395 Å². The van der Waals surface area contributed by atoms with Crippen LogP contribution in [0.3, 0.4) is 0 Å². The van der Waals surface area contributed by atoms with Crippen molar-refractivity contribution in [3.8, 4) is 0 Å². The number of ether oxygens (including phenoxy) is 8. The summed E-state index contributed by atoms with van der Waals surface area (Å²) in [4.78, 5) is 25.6. The van der Waals surface area contributed by atoms with E-state index in [0.29, 0.717) is 12.8 Å². The molecule has 15 N–H and O–H groups in total. The first-order chi connectivity index (χ1) is 45.0. The molecule has 25 nitrogen and oxygen atoms in total. The van der Waals surface area contributed by atoms with Crippen molar-refractivity contribution in [1.82, 2.24) is 10.6 Å². The van der Waals surface area contributed by atoms with Gasteiger partial charge in [-0.3, -0.25) is 9.59 Å². The molecule has 4 aliphatic heterocycles. The molecule has 0 bridgehead atoms. The normalized spacial score (nSPS) is 32.4. The molecule has 4 saturated heterocycles. The third kappa shape index (κ3) is 29.7. The highest BCUT2D eigenvalue weighted by molar-refractivity contribution is 5.76. The van der Waals surface area contributed by atoms with Crippen LogP contribution in [0.4, 0.5) is 0 Å². The number of aliphatic hydroxyl groups is 13. The van der Waals surface area contributed by atoms with Crippen LogP contribution in [-0.2, 0) is 47.5 Å². The minimum absolute atomic E-state index is 0.213. The van der Waals surface area contributed by atoms with E-state index in [1.165, 1.54) is 154 Å². The Morgan fingerprint density at radius 2 is 0.785 bits per heavy atom. The summed E-state index contributed by atoms with van der Waals surface area (Å²) in [6.07, 6.45) is 7.96. The molecule has 0 aromatic rings. The Morgan fingerprint density at radius 3 is 1.20 bits per heavy atom. The van der Waals surface area contributed by atoms with Gasteiger partial charge >= 0.3 is 0 Å². The first-order valence-electron chi connectivity index (χ1n) is 35.9. The van der Waals surface area contributed by atoms with Crippen LogP contribution in [0.1, 0.15) is 239 Å². The fraction of sp³-hybridized carbons (Fsp3) is 0.941. The third-order valence-electron chi connectivity index (χ3n) is 18.6. The summed E-state index contributed by atoms with van der Waals surface area (Å²) in [5.41, 5.74) is 0. The van der Waals surface area contributed by atoms with Crippen LogP contribution >= 0.6 is 0 Å². The van der Waals surface area contributed by atoms with Crippen LogP contribution in [0.5, 0.6) is 0 Å².